The summed E-state index contributed by atoms with van der Waals surface area (Å²) in [5, 5.41) is 8.87. The third kappa shape index (κ3) is 3.16. The van der Waals surface area contributed by atoms with E-state index < -0.39 is 11.6 Å². The predicted octanol–water partition coefficient (Wildman–Crippen LogP) is 4.12. The summed E-state index contributed by atoms with van der Waals surface area (Å²) in [4.78, 5) is 11.4. The maximum atomic E-state index is 14.5. The van der Waals surface area contributed by atoms with Gasteiger partial charge in [-0.2, -0.15) is 0 Å². The Morgan fingerprint density at radius 3 is 2.85 bits per heavy atom. The Kier molecular flexibility index (Phi) is 5.30. The van der Waals surface area contributed by atoms with Gasteiger partial charge in [-0.3, -0.25) is 9.13 Å². The Balaban J connectivity index is 1.65. The lowest BCUT2D eigenvalue weighted by molar-refractivity contribution is 0.0954. The number of hydrogen-bond acceptors (Lipinski definition) is 5. The molecule has 0 unspecified atom stereocenters. The monoisotopic (exact) mass is 464 g/mol. The maximum Gasteiger partial charge on any atom is 0.163 e. The van der Waals surface area contributed by atoms with E-state index in [1.165, 1.54) is 24.5 Å². The van der Waals surface area contributed by atoms with Crippen LogP contribution in [0.25, 0.3) is 22.9 Å². The number of nitrogens with zero attached hydrogens (tertiary/aromatic N) is 7. The minimum Gasteiger partial charge on any atom is -0.403 e. The molecule has 0 saturated carbocycles. The molecule has 8 nitrogen and oxygen atoms in total. The van der Waals surface area contributed by atoms with Gasteiger partial charge in [-0.05, 0) is 44.7 Å². The summed E-state index contributed by atoms with van der Waals surface area (Å²) in [6.45, 7) is 8.96. The molecule has 34 heavy (non-hydrogen) atoms. The highest BCUT2D eigenvalue weighted by Gasteiger charge is 2.49. The highest BCUT2D eigenvalue weighted by molar-refractivity contribution is 6.19. The molecule has 176 valence electrons. The van der Waals surface area contributed by atoms with Crippen LogP contribution in [0.2, 0.25) is 0 Å². The molecule has 4 heterocycles. The molecular formula is C24H26F2N8. The van der Waals surface area contributed by atoms with Gasteiger partial charge in [0.25, 0.3) is 0 Å². The van der Waals surface area contributed by atoms with Gasteiger partial charge in [-0.1, -0.05) is 13.5 Å². The van der Waals surface area contributed by atoms with Gasteiger partial charge >= 0.3 is 0 Å². The summed E-state index contributed by atoms with van der Waals surface area (Å²) in [5.41, 5.74) is 6.58. The standard InChI is InChI=1S/C24H26F2N8/c1-4-24-9-5-6-11-33(24)22(20(14-27)34-16(3)30-31-23(24)34)29-15(2)32-12-10-28-21(32)18-8-7-17(25)13-19(18)26/h7-8,10,12-14H,2,4-6,9,11,27H2,1,3H3/b20-14+,29-22?/t24-/m0/s1. The van der Waals surface area contributed by atoms with Crippen LogP contribution in [0.15, 0.2) is 48.4 Å². The van der Waals surface area contributed by atoms with Crippen LogP contribution >= 0.6 is 0 Å². The molecule has 3 aromatic rings. The van der Waals surface area contributed by atoms with Crippen molar-refractivity contribution in [2.75, 3.05) is 6.54 Å². The Hall–Kier alpha value is -3.82. The molecule has 2 aromatic heterocycles. The van der Waals surface area contributed by atoms with E-state index in [1.807, 2.05) is 11.5 Å². The second-order valence-corrected chi connectivity index (χ2v) is 8.55. The van der Waals surface area contributed by atoms with E-state index in [1.54, 1.807) is 10.8 Å². The van der Waals surface area contributed by atoms with Crippen LogP contribution < -0.4 is 5.73 Å². The molecule has 2 aliphatic heterocycles. The van der Waals surface area contributed by atoms with Gasteiger partial charge in [-0.15, -0.1) is 10.2 Å². The molecule has 0 amide bonds. The molecule has 1 atom stereocenters. The fourth-order valence-electron chi connectivity index (χ4n) is 5.12. The first-order valence-corrected chi connectivity index (χ1v) is 11.3. The summed E-state index contributed by atoms with van der Waals surface area (Å²) in [6, 6.07) is 3.39. The van der Waals surface area contributed by atoms with Crippen LogP contribution in [0.1, 0.15) is 44.3 Å². The van der Waals surface area contributed by atoms with Crippen LogP contribution in [-0.2, 0) is 5.54 Å². The molecule has 10 heteroatoms. The Morgan fingerprint density at radius 2 is 2.12 bits per heavy atom. The largest absolute Gasteiger partial charge is 0.403 e. The van der Waals surface area contributed by atoms with Gasteiger partial charge in [0.1, 0.15) is 40.3 Å². The smallest absolute Gasteiger partial charge is 0.163 e. The number of imidazole rings is 1. The Morgan fingerprint density at radius 1 is 1.29 bits per heavy atom. The Labute approximate surface area is 196 Å². The van der Waals surface area contributed by atoms with Crippen LogP contribution in [-0.4, -0.2) is 41.6 Å². The van der Waals surface area contributed by atoms with Crippen molar-refractivity contribution in [2.45, 2.75) is 45.1 Å². The van der Waals surface area contributed by atoms with Gasteiger partial charge in [0.15, 0.2) is 11.7 Å². The van der Waals surface area contributed by atoms with E-state index in [0.717, 1.165) is 49.9 Å². The first-order chi connectivity index (χ1) is 16.4. The van der Waals surface area contributed by atoms with Crippen molar-refractivity contribution in [1.29, 1.82) is 0 Å². The second-order valence-electron chi connectivity index (χ2n) is 8.55. The lowest BCUT2D eigenvalue weighted by Gasteiger charge is -2.51. The van der Waals surface area contributed by atoms with Crippen molar-refractivity contribution in [3.05, 3.63) is 66.7 Å². The third-order valence-electron chi connectivity index (χ3n) is 6.77. The molecule has 0 aliphatic carbocycles. The summed E-state index contributed by atoms with van der Waals surface area (Å²) < 4.78 is 31.5. The van der Waals surface area contributed by atoms with Gasteiger partial charge in [0, 0.05) is 31.2 Å². The quantitative estimate of drug-likeness (QED) is 0.627. The molecule has 2 N–H and O–H groups in total. The van der Waals surface area contributed by atoms with E-state index >= 15 is 0 Å². The molecular weight excluding hydrogens is 438 g/mol. The van der Waals surface area contributed by atoms with Crippen molar-refractivity contribution in [3.63, 3.8) is 0 Å². The number of aliphatic imine (C=N–C) groups is 1. The molecule has 1 fully saturated rings. The van der Waals surface area contributed by atoms with Crippen molar-refractivity contribution in [3.8, 4) is 11.4 Å². The zero-order valence-electron chi connectivity index (χ0n) is 19.2. The molecule has 0 spiro atoms. The molecule has 1 saturated heterocycles. The van der Waals surface area contributed by atoms with Crippen molar-refractivity contribution in [1.82, 2.24) is 29.2 Å². The summed E-state index contributed by atoms with van der Waals surface area (Å²) >= 11 is 0. The highest BCUT2D eigenvalue weighted by Crippen LogP contribution is 2.45. The number of hydrogen-bond donors (Lipinski definition) is 1. The molecule has 5 rings (SSSR count). The zero-order chi connectivity index (χ0) is 24.0. The number of fused-ring (bicyclic) bond motifs is 3. The van der Waals surface area contributed by atoms with E-state index in [0.29, 0.717) is 17.4 Å². The van der Waals surface area contributed by atoms with Crippen LogP contribution in [0.5, 0.6) is 0 Å². The van der Waals surface area contributed by atoms with Gasteiger partial charge in [-0.25, -0.2) is 18.8 Å². The summed E-state index contributed by atoms with van der Waals surface area (Å²) in [6.07, 6.45) is 8.51. The second kappa shape index (κ2) is 8.19. The van der Waals surface area contributed by atoms with Crippen molar-refractivity contribution >= 4 is 17.4 Å². The highest BCUT2D eigenvalue weighted by atomic mass is 19.1. The minimum atomic E-state index is -0.709. The fourth-order valence-corrected chi connectivity index (χ4v) is 5.12. The van der Waals surface area contributed by atoms with E-state index in [4.69, 9.17) is 10.7 Å². The van der Waals surface area contributed by atoms with Crippen molar-refractivity contribution in [2.24, 2.45) is 10.7 Å². The van der Waals surface area contributed by atoms with Gasteiger partial charge in [0.05, 0.1) is 5.56 Å². The Bertz CT molecular complexity index is 1330. The first-order valence-electron chi connectivity index (χ1n) is 11.3. The molecule has 0 bridgehead atoms. The van der Waals surface area contributed by atoms with Gasteiger partial charge in [0.2, 0.25) is 0 Å². The lowest BCUT2D eigenvalue weighted by Crippen LogP contribution is -2.57. The molecule has 2 aliphatic rings. The normalized spacial score (nSPS) is 22.2. The SMILES string of the molecule is C=C(N=C1/C(=C\N)n2c(C)nnc2[C@]2(CC)CCCCN12)n1ccnc1-c1ccc(F)cc1F. The van der Waals surface area contributed by atoms with E-state index in [-0.39, 0.29) is 16.9 Å². The number of halogens is 2. The number of nitrogens with two attached hydrogens (primary N) is 1. The summed E-state index contributed by atoms with van der Waals surface area (Å²) in [7, 11) is 0. The average molecular weight is 465 g/mol. The van der Waals surface area contributed by atoms with Crippen LogP contribution in [0.3, 0.4) is 0 Å². The minimum absolute atomic E-state index is 0.156. The van der Waals surface area contributed by atoms with E-state index in [2.05, 4.69) is 33.6 Å². The molecule has 0 radical (unpaired) electrons. The topological polar surface area (TPSA) is 90.1 Å². The number of piperidine rings is 1. The summed E-state index contributed by atoms with van der Waals surface area (Å²) in [5.74, 6) is 1.49. The number of benzene rings is 1. The number of rotatable bonds is 4. The average Bonchev–Trinajstić information content (AvgIpc) is 3.47. The van der Waals surface area contributed by atoms with Gasteiger partial charge < -0.3 is 10.6 Å². The number of aryl methyl sites for hydroxylation is 1. The van der Waals surface area contributed by atoms with Crippen LogP contribution in [0, 0.1) is 18.6 Å². The molecule has 1 aromatic carbocycles. The maximum absolute atomic E-state index is 14.5. The zero-order valence-corrected chi connectivity index (χ0v) is 19.2. The van der Waals surface area contributed by atoms with E-state index in [9.17, 15) is 8.78 Å². The number of amidine groups is 1. The predicted molar refractivity (Wildman–Crippen MR) is 126 cm³/mol. The fraction of sp³-hybridized carbons (Fsp3) is 0.333. The lowest BCUT2D eigenvalue weighted by atomic mass is 9.81. The first kappa shape index (κ1) is 22.0. The number of aromatic nitrogens is 5. The van der Waals surface area contributed by atoms with Crippen LogP contribution in [0.4, 0.5) is 8.78 Å². The third-order valence-corrected chi connectivity index (χ3v) is 6.77. The van der Waals surface area contributed by atoms with Crippen molar-refractivity contribution < 1.29 is 8.78 Å².